The Morgan fingerprint density at radius 2 is 2.07 bits per heavy atom. The molecule has 0 radical (unpaired) electrons. The first-order valence-electron chi connectivity index (χ1n) is 5.23. The molecule has 0 aromatic carbocycles. The fourth-order valence-electron chi connectivity index (χ4n) is 1.08. The number of hydrogen-bond donors (Lipinski definition) is 2. The number of carbonyl (C=O) groups is 2. The highest BCUT2D eigenvalue weighted by atomic mass is 16.5. The highest BCUT2D eigenvalue weighted by molar-refractivity contribution is 5.93. The molecule has 0 saturated heterocycles. The lowest BCUT2D eigenvalue weighted by atomic mass is 10.0. The molecule has 0 aromatic rings. The largest absolute Gasteiger partial charge is 0.481 e. The topological polar surface area (TPSA) is 89.6 Å². The third kappa shape index (κ3) is 6.06. The van der Waals surface area contributed by atoms with Gasteiger partial charge in [0.2, 0.25) is 0 Å². The molecule has 0 amide bonds. The monoisotopic (exact) mass is 217 g/mol. The number of ether oxygens (including phenoxy) is 1. The molecule has 1 atom stereocenters. The molecule has 0 aromatic heterocycles. The second-order valence-corrected chi connectivity index (χ2v) is 3.34. The second-order valence-electron chi connectivity index (χ2n) is 3.34. The summed E-state index contributed by atoms with van der Waals surface area (Å²) in [6.45, 7) is 2.64. The third-order valence-electron chi connectivity index (χ3n) is 2.02. The number of carbonyl (C=O) groups excluding carboxylic acids is 1. The van der Waals surface area contributed by atoms with Gasteiger partial charge in [-0.25, -0.2) is 0 Å². The van der Waals surface area contributed by atoms with Gasteiger partial charge in [0, 0.05) is 0 Å². The molecule has 0 aliphatic carbocycles. The molecule has 88 valence electrons. The van der Waals surface area contributed by atoms with Gasteiger partial charge in [0.15, 0.2) is 5.92 Å². The van der Waals surface area contributed by atoms with E-state index in [0.29, 0.717) is 19.6 Å². The van der Waals surface area contributed by atoms with Gasteiger partial charge in [-0.15, -0.1) is 0 Å². The van der Waals surface area contributed by atoms with Gasteiger partial charge in [-0.2, -0.15) is 0 Å². The number of aliphatic carboxylic acids is 1. The van der Waals surface area contributed by atoms with Crippen LogP contribution in [0, 0.1) is 5.92 Å². The molecular formula is C10H19NO4. The molecule has 0 saturated carbocycles. The number of rotatable bonds is 8. The lowest BCUT2D eigenvalue weighted by Crippen LogP contribution is -2.26. The smallest absolute Gasteiger partial charge is 0.320 e. The van der Waals surface area contributed by atoms with Crippen LogP contribution in [0.3, 0.4) is 0 Å². The van der Waals surface area contributed by atoms with Crippen molar-refractivity contribution in [2.75, 3.05) is 13.2 Å². The van der Waals surface area contributed by atoms with Crippen LogP contribution in [0.15, 0.2) is 0 Å². The maximum Gasteiger partial charge on any atom is 0.320 e. The zero-order chi connectivity index (χ0) is 11.7. The van der Waals surface area contributed by atoms with E-state index in [-0.39, 0.29) is 6.42 Å². The van der Waals surface area contributed by atoms with Gasteiger partial charge in [-0.05, 0) is 25.8 Å². The van der Waals surface area contributed by atoms with Crippen LogP contribution in [0.25, 0.3) is 0 Å². The summed E-state index contributed by atoms with van der Waals surface area (Å²) in [5, 5.41) is 8.79. The Balaban J connectivity index is 3.99. The molecule has 15 heavy (non-hydrogen) atoms. The Morgan fingerprint density at radius 1 is 1.40 bits per heavy atom. The Morgan fingerprint density at radius 3 is 2.53 bits per heavy atom. The minimum absolute atomic E-state index is 0.247. The van der Waals surface area contributed by atoms with Gasteiger partial charge in [0.1, 0.15) is 0 Å². The van der Waals surface area contributed by atoms with E-state index in [1.807, 2.05) is 6.92 Å². The SMILES string of the molecule is CCCCOC(=O)C(CCCN)C(=O)O. The van der Waals surface area contributed by atoms with Crippen molar-refractivity contribution >= 4 is 11.9 Å². The van der Waals surface area contributed by atoms with E-state index in [0.717, 1.165) is 12.8 Å². The maximum atomic E-state index is 11.3. The average molecular weight is 217 g/mol. The molecule has 5 heteroatoms. The molecule has 1 unspecified atom stereocenters. The minimum atomic E-state index is -1.13. The summed E-state index contributed by atoms with van der Waals surface area (Å²) >= 11 is 0. The van der Waals surface area contributed by atoms with Crippen molar-refractivity contribution in [1.82, 2.24) is 0 Å². The zero-order valence-corrected chi connectivity index (χ0v) is 9.07. The summed E-state index contributed by atoms with van der Waals surface area (Å²) in [6, 6.07) is 0. The number of nitrogens with two attached hydrogens (primary N) is 1. The van der Waals surface area contributed by atoms with Crippen LogP contribution in [-0.4, -0.2) is 30.2 Å². The van der Waals surface area contributed by atoms with Crippen LogP contribution < -0.4 is 5.73 Å². The van der Waals surface area contributed by atoms with E-state index in [1.54, 1.807) is 0 Å². The van der Waals surface area contributed by atoms with Gasteiger partial charge in [0.25, 0.3) is 0 Å². The summed E-state index contributed by atoms with van der Waals surface area (Å²) < 4.78 is 4.84. The van der Waals surface area contributed by atoms with E-state index in [2.05, 4.69) is 0 Å². The molecule has 3 N–H and O–H groups in total. The molecular weight excluding hydrogens is 198 g/mol. The number of hydrogen-bond acceptors (Lipinski definition) is 4. The van der Waals surface area contributed by atoms with Crippen molar-refractivity contribution in [2.45, 2.75) is 32.6 Å². The summed E-state index contributed by atoms with van der Waals surface area (Å²) in [6.07, 6.45) is 2.43. The van der Waals surface area contributed by atoms with Crippen molar-refractivity contribution in [3.05, 3.63) is 0 Å². The molecule has 5 nitrogen and oxygen atoms in total. The van der Waals surface area contributed by atoms with Crippen LogP contribution >= 0.6 is 0 Å². The van der Waals surface area contributed by atoms with Crippen LogP contribution in [0.2, 0.25) is 0 Å². The summed E-state index contributed by atoms with van der Waals surface area (Å²) in [4.78, 5) is 22.1. The number of carboxylic acids is 1. The number of carboxylic acid groups (broad SMARTS) is 1. The summed E-state index contributed by atoms with van der Waals surface area (Å²) in [5.41, 5.74) is 5.25. The van der Waals surface area contributed by atoms with E-state index >= 15 is 0 Å². The predicted octanol–water partition coefficient (Wildman–Crippen LogP) is 0.769. The molecule has 0 rings (SSSR count). The molecule has 0 heterocycles. The van der Waals surface area contributed by atoms with Crippen molar-refractivity contribution in [2.24, 2.45) is 11.7 Å². The fourth-order valence-corrected chi connectivity index (χ4v) is 1.08. The van der Waals surface area contributed by atoms with Crippen LogP contribution in [0.4, 0.5) is 0 Å². The van der Waals surface area contributed by atoms with Crippen LogP contribution in [0.1, 0.15) is 32.6 Å². The van der Waals surface area contributed by atoms with Crippen molar-refractivity contribution in [3.8, 4) is 0 Å². The minimum Gasteiger partial charge on any atom is -0.481 e. The summed E-state index contributed by atoms with van der Waals surface area (Å²) in [7, 11) is 0. The lowest BCUT2D eigenvalue weighted by molar-refractivity contribution is -0.159. The maximum absolute atomic E-state index is 11.3. The van der Waals surface area contributed by atoms with E-state index < -0.39 is 17.9 Å². The van der Waals surface area contributed by atoms with E-state index in [4.69, 9.17) is 15.6 Å². The van der Waals surface area contributed by atoms with Crippen molar-refractivity contribution < 1.29 is 19.4 Å². The Labute approximate surface area is 89.6 Å². The first-order valence-corrected chi connectivity index (χ1v) is 5.23. The Hall–Kier alpha value is -1.10. The van der Waals surface area contributed by atoms with Gasteiger partial charge in [-0.3, -0.25) is 9.59 Å². The zero-order valence-electron chi connectivity index (χ0n) is 9.07. The number of esters is 1. The first-order chi connectivity index (χ1) is 7.13. The van der Waals surface area contributed by atoms with Crippen LogP contribution in [0.5, 0.6) is 0 Å². The lowest BCUT2D eigenvalue weighted by Gasteiger charge is -2.11. The van der Waals surface area contributed by atoms with Crippen molar-refractivity contribution in [1.29, 1.82) is 0 Å². The normalized spacial score (nSPS) is 12.1. The van der Waals surface area contributed by atoms with E-state index in [1.165, 1.54) is 0 Å². The standard InChI is InChI=1S/C10H19NO4/c1-2-3-7-15-10(14)8(9(12)13)5-4-6-11/h8H,2-7,11H2,1H3,(H,12,13). The van der Waals surface area contributed by atoms with Crippen molar-refractivity contribution in [3.63, 3.8) is 0 Å². The Bertz CT molecular complexity index is 206. The Kier molecular flexibility index (Phi) is 7.62. The molecule has 0 fully saturated rings. The fraction of sp³-hybridized carbons (Fsp3) is 0.800. The van der Waals surface area contributed by atoms with Gasteiger partial charge in [-0.1, -0.05) is 13.3 Å². The highest BCUT2D eigenvalue weighted by Crippen LogP contribution is 2.09. The first kappa shape index (κ1) is 13.9. The van der Waals surface area contributed by atoms with Gasteiger partial charge >= 0.3 is 11.9 Å². The highest BCUT2D eigenvalue weighted by Gasteiger charge is 2.26. The number of unbranched alkanes of at least 4 members (excludes halogenated alkanes) is 1. The molecule has 0 spiro atoms. The van der Waals surface area contributed by atoms with Gasteiger partial charge < -0.3 is 15.6 Å². The predicted molar refractivity (Wildman–Crippen MR) is 55.3 cm³/mol. The molecule has 0 aliphatic rings. The van der Waals surface area contributed by atoms with E-state index in [9.17, 15) is 9.59 Å². The second kappa shape index (κ2) is 8.23. The quantitative estimate of drug-likeness (QED) is 0.356. The third-order valence-corrected chi connectivity index (χ3v) is 2.02. The summed E-state index contributed by atoms with van der Waals surface area (Å²) in [5.74, 6) is -2.85. The van der Waals surface area contributed by atoms with Gasteiger partial charge in [0.05, 0.1) is 6.61 Å². The average Bonchev–Trinajstić information content (AvgIpc) is 2.18. The van der Waals surface area contributed by atoms with Crippen LogP contribution in [-0.2, 0) is 14.3 Å². The molecule has 0 aliphatic heterocycles. The molecule has 0 bridgehead atoms.